The number of halogens is 1. The molecule has 7 heteroatoms. The molecule has 0 fully saturated rings. The highest BCUT2D eigenvalue weighted by Crippen LogP contribution is 2.29. The molecule has 1 amide bonds. The number of rotatable bonds is 6. The SMILES string of the molecule is COc1cccc(C=NNC(=O)c2cc(-c3ccc(F)cc3)nc3ccccc23)c1OC. The Kier molecular flexibility index (Phi) is 6.07. The van der Waals surface area contributed by atoms with Gasteiger partial charge in [-0.05, 0) is 48.5 Å². The summed E-state index contributed by atoms with van der Waals surface area (Å²) in [5.74, 6) is 0.340. The summed E-state index contributed by atoms with van der Waals surface area (Å²) in [4.78, 5) is 17.6. The molecule has 1 N–H and O–H groups in total. The molecule has 1 aromatic heterocycles. The summed E-state index contributed by atoms with van der Waals surface area (Å²) in [5, 5.41) is 4.78. The van der Waals surface area contributed by atoms with Gasteiger partial charge in [-0.3, -0.25) is 4.79 Å². The molecule has 0 aliphatic heterocycles. The van der Waals surface area contributed by atoms with E-state index in [0.717, 1.165) is 0 Å². The summed E-state index contributed by atoms with van der Waals surface area (Å²) in [6.07, 6.45) is 1.49. The zero-order chi connectivity index (χ0) is 22.5. The molecule has 0 saturated heterocycles. The number of fused-ring (bicyclic) bond motifs is 1. The largest absolute Gasteiger partial charge is 0.493 e. The summed E-state index contributed by atoms with van der Waals surface area (Å²) in [6, 6.07) is 20.3. The van der Waals surface area contributed by atoms with Crippen LogP contribution >= 0.6 is 0 Å². The molecule has 4 aromatic rings. The lowest BCUT2D eigenvalue weighted by Crippen LogP contribution is -2.18. The highest BCUT2D eigenvalue weighted by Gasteiger charge is 2.14. The molecule has 1 heterocycles. The fraction of sp³-hybridized carbons (Fsp3) is 0.0800. The summed E-state index contributed by atoms with van der Waals surface area (Å²) in [5.41, 5.74) is 5.54. The number of para-hydroxylation sites is 2. The van der Waals surface area contributed by atoms with E-state index in [1.165, 1.54) is 25.5 Å². The van der Waals surface area contributed by atoms with Gasteiger partial charge in [-0.25, -0.2) is 14.8 Å². The van der Waals surface area contributed by atoms with Crippen molar-refractivity contribution in [1.82, 2.24) is 10.4 Å². The maximum atomic E-state index is 13.3. The highest BCUT2D eigenvalue weighted by molar-refractivity contribution is 6.07. The third-order valence-corrected chi connectivity index (χ3v) is 4.90. The van der Waals surface area contributed by atoms with E-state index in [1.807, 2.05) is 24.3 Å². The van der Waals surface area contributed by atoms with Crippen LogP contribution in [0.25, 0.3) is 22.2 Å². The molecule has 160 valence electrons. The Morgan fingerprint density at radius 3 is 2.53 bits per heavy atom. The molecule has 0 saturated carbocycles. The third-order valence-electron chi connectivity index (χ3n) is 4.90. The Hall–Kier alpha value is -4.26. The number of aromatic nitrogens is 1. The van der Waals surface area contributed by atoms with Crippen molar-refractivity contribution < 1.29 is 18.7 Å². The monoisotopic (exact) mass is 429 g/mol. The van der Waals surface area contributed by atoms with Crippen LogP contribution in [0, 0.1) is 5.82 Å². The highest BCUT2D eigenvalue weighted by atomic mass is 19.1. The lowest BCUT2D eigenvalue weighted by Gasteiger charge is -2.10. The molecule has 0 radical (unpaired) electrons. The normalized spacial score (nSPS) is 11.0. The summed E-state index contributed by atoms with van der Waals surface area (Å²) >= 11 is 0. The summed E-state index contributed by atoms with van der Waals surface area (Å²) in [6.45, 7) is 0. The second-order valence-corrected chi connectivity index (χ2v) is 6.86. The second-order valence-electron chi connectivity index (χ2n) is 6.86. The lowest BCUT2D eigenvalue weighted by atomic mass is 10.0. The molecule has 6 nitrogen and oxygen atoms in total. The van der Waals surface area contributed by atoms with E-state index in [9.17, 15) is 9.18 Å². The minimum atomic E-state index is -0.398. The maximum Gasteiger partial charge on any atom is 0.272 e. The maximum absolute atomic E-state index is 13.3. The van der Waals surface area contributed by atoms with Crippen molar-refractivity contribution in [3.63, 3.8) is 0 Å². The van der Waals surface area contributed by atoms with Crippen molar-refractivity contribution >= 4 is 23.0 Å². The van der Waals surface area contributed by atoms with E-state index in [2.05, 4.69) is 15.5 Å². The van der Waals surface area contributed by atoms with Crippen molar-refractivity contribution in [3.8, 4) is 22.8 Å². The van der Waals surface area contributed by atoms with E-state index in [4.69, 9.17) is 9.47 Å². The number of hydrazone groups is 1. The molecule has 0 bridgehead atoms. The standard InChI is InChI=1S/C25H20FN3O3/c1-31-23-9-5-6-17(24(23)32-2)15-27-29-25(30)20-14-22(16-10-12-18(26)13-11-16)28-21-8-4-3-7-19(20)21/h3-15H,1-2H3,(H,29,30). The van der Waals surface area contributed by atoms with Crippen molar-refractivity contribution in [1.29, 1.82) is 0 Å². The molecular weight excluding hydrogens is 409 g/mol. The molecule has 3 aromatic carbocycles. The average molecular weight is 429 g/mol. The number of ether oxygens (including phenoxy) is 2. The molecular formula is C25H20FN3O3. The Morgan fingerprint density at radius 2 is 1.78 bits per heavy atom. The van der Waals surface area contributed by atoms with Gasteiger partial charge < -0.3 is 9.47 Å². The smallest absolute Gasteiger partial charge is 0.272 e. The number of hydrogen-bond acceptors (Lipinski definition) is 5. The Morgan fingerprint density at radius 1 is 1.00 bits per heavy atom. The minimum absolute atomic E-state index is 0.338. The number of pyridine rings is 1. The predicted octanol–water partition coefficient (Wildman–Crippen LogP) is 4.82. The van der Waals surface area contributed by atoms with Gasteiger partial charge in [-0.15, -0.1) is 0 Å². The molecule has 0 unspecified atom stereocenters. The summed E-state index contributed by atoms with van der Waals surface area (Å²) < 4.78 is 24.0. The Labute approximate surface area is 184 Å². The predicted molar refractivity (Wildman–Crippen MR) is 122 cm³/mol. The van der Waals surface area contributed by atoms with Gasteiger partial charge in [0.1, 0.15) is 5.82 Å². The van der Waals surface area contributed by atoms with Crippen LogP contribution in [0.3, 0.4) is 0 Å². The van der Waals surface area contributed by atoms with Crippen molar-refractivity contribution in [2.75, 3.05) is 14.2 Å². The second kappa shape index (κ2) is 9.26. The first-order valence-corrected chi connectivity index (χ1v) is 9.81. The molecule has 4 rings (SSSR count). The van der Waals surface area contributed by atoms with Crippen molar-refractivity contribution in [3.05, 3.63) is 89.7 Å². The van der Waals surface area contributed by atoms with Gasteiger partial charge in [-0.1, -0.05) is 24.3 Å². The van der Waals surface area contributed by atoms with Crippen LogP contribution < -0.4 is 14.9 Å². The van der Waals surface area contributed by atoms with Gasteiger partial charge in [0.25, 0.3) is 5.91 Å². The van der Waals surface area contributed by atoms with E-state index in [-0.39, 0.29) is 5.82 Å². The molecule has 0 aliphatic rings. The van der Waals surface area contributed by atoms with Crippen LogP contribution in [0.5, 0.6) is 11.5 Å². The number of nitrogens with zero attached hydrogens (tertiary/aromatic N) is 2. The molecule has 0 spiro atoms. The number of benzene rings is 3. The van der Waals surface area contributed by atoms with Crippen LogP contribution in [0.1, 0.15) is 15.9 Å². The number of methoxy groups -OCH3 is 2. The average Bonchev–Trinajstić information content (AvgIpc) is 2.83. The fourth-order valence-electron chi connectivity index (χ4n) is 3.37. The van der Waals surface area contributed by atoms with E-state index < -0.39 is 5.91 Å². The first-order chi connectivity index (χ1) is 15.6. The van der Waals surface area contributed by atoms with E-state index in [1.54, 1.807) is 43.5 Å². The number of carbonyl (C=O) groups is 1. The van der Waals surface area contributed by atoms with Gasteiger partial charge in [0.2, 0.25) is 0 Å². The molecule has 0 atom stereocenters. The van der Waals surface area contributed by atoms with Crippen molar-refractivity contribution in [2.24, 2.45) is 5.10 Å². The van der Waals surface area contributed by atoms with Crippen molar-refractivity contribution in [2.45, 2.75) is 0 Å². The fourth-order valence-corrected chi connectivity index (χ4v) is 3.37. The zero-order valence-corrected chi connectivity index (χ0v) is 17.5. The Balaban J connectivity index is 1.66. The zero-order valence-electron chi connectivity index (χ0n) is 17.5. The van der Waals surface area contributed by atoms with Gasteiger partial charge in [0.15, 0.2) is 11.5 Å². The van der Waals surface area contributed by atoms with Crippen LogP contribution in [0.4, 0.5) is 4.39 Å². The van der Waals surface area contributed by atoms with E-state index in [0.29, 0.717) is 44.8 Å². The quantitative estimate of drug-likeness (QED) is 0.352. The number of carbonyl (C=O) groups excluding carboxylic acids is 1. The first-order valence-electron chi connectivity index (χ1n) is 9.81. The van der Waals surface area contributed by atoms with Crippen LogP contribution in [0.15, 0.2) is 77.9 Å². The summed E-state index contributed by atoms with van der Waals surface area (Å²) in [7, 11) is 3.08. The molecule has 0 aliphatic carbocycles. The third kappa shape index (κ3) is 4.27. The Bertz CT molecular complexity index is 1300. The van der Waals surface area contributed by atoms with Gasteiger partial charge in [-0.2, -0.15) is 5.10 Å². The lowest BCUT2D eigenvalue weighted by molar-refractivity contribution is 0.0956. The van der Waals surface area contributed by atoms with Crippen LogP contribution in [-0.2, 0) is 0 Å². The van der Waals surface area contributed by atoms with Crippen LogP contribution in [-0.4, -0.2) is 31.3 Å². The minimum Gasteiger partial charge on any atom is -0.493 e. The number of nitrogens with one attached hydrogen (secondary N) is 1. The van der Waals surface area contributed by atoms with Gasteiger partial charge in [0, 0.05) is 16.5 Å². The van der Waals surface area contributed by atoms with Gasteiger partial charge >= 0.3 is 0 Å². The van der Waals surface area contributed by atoms with Gasteiger partial charge in [0.05, 0.1) is 37.2 Å². The van der Waals surface area contributed by atoms with Crippen LogP contribution in [0.2, 0.25) is 0 Å². The first kappa shape index (κ1) is 21.0. The molecule has 32 heavy (non-hydrogen) atoms. The number of amides is 1. The number of hydrogen-bond donors (Lipinski definition) is 1. The topological polar surface area (TPSA) is 72.8 Å². The van der Waals surface area contributed by atoms with E-state index >= 15 is 0 Å².